The highest BCUT2D eigenvalue weighted by molar-refractivity contribution is 7.10. The van der Waals surface area contributed by atoms with Crippen LogP contribution in [-0.2, 0) is 4.79 Å². The fourth-order valence-electron chi connectivity index (χ4n) is 1.62. The number of nitriles is 1. The number of amides is 1. The molecule has 1 atom stereocenters. The maximum atomic E-state index is 11.8. The van der Waals surface area contributed by atoms with E-state index in [0.29, 0.717) is 0 Å². The Bertz CT molecular complexity index is 543. The minimum absolute atomic E-state index is 0.138. The lowest BCUT2D eigenvalue weighted by Gasteiger charge is -2.08. The van der Waals surface area contributed by atoms with Crippen LogP contribution in [0.3, 0.4) is 0 Å². The van der Waals surface area contributed by atoms with E-state index in [-0.39, 0.29) is 18.2 Å². The van der Waals surface area contributed by atoms with E-state index in [9.17, 15) is 4.79 Å². The fourth-order valence-corrected chi connectivity index (χ4v) is 2.39. The zero-order valence-electron chi connectivity index (χ0n) is 9.67. The number of rotatable bonds is 4. The van der Waals surface area contributed by atoms with Crippen LogP contribution < -0.4 is 5.32 Å². The summed E-state index contributed by atoms with van der Waals surface area (Å²) in [6.45, 7) is 0. The first-order valence-electron chi connectivity index (χ1n) is 5.57. The van der Waals surface area contributed by atoms with Gasteiger partial charge < -0.3 is 5.32 Å². The van der Waals surface area contributed by atoms with Crippen LogP contribution in [0.2, 0.25) is 0 Å². The molecule has 1 aromatic heterocycles. The van der Waals surface area contributed by atoms with Crippen LogP contribution in [0.15, 0.2) is 47.8 Å². The Labute approximate surface area is 110 Å². The Hall–Kier alpha value is -2.12. The van der Waals surface area contributed by atoms with E-state index in [1.165, 1.54) is 11.3 Å². The summed E-state index contributed by atoms with van der Waals surface area (Å²) in [5, 5.41) is 13.8. The molecule has 0 bridgehead atoms. The van der Waals surface area contributed by atoms with Gasteiger partial charge in [0, 0.05) is 17.0 Å². The number of carbonyl (C=O) groups excluding carboxylic acids is 1. The highest BCUT2D eigenvalue weighted by Crippen LogP contribution is 2.24. The Morgan fingerprint density at radius 1 is 1.28 bits per heavy atom. The summed E-state index contributed by atoms with van der Waals surface area (Å²) in [6, 6.07) is 15.2. The van der Waals surface area contributed by atoms with Gasteiger partial charge in [-0.3, -0.25) is 4.79 Å². The second kappa shape index (κ2) is 5.99. The SMILES string of the molecule is N#CC(CC(=O)Nc1ccccc1)c1cccs1. The number of para-hydroxylation sites is 1. The summed E-state index contributed by atoms with van der Waals surface area (Å²) in [5.41, 5.74) is 0.755. The average Bonchev–Trinajstić information content (AvgIpc) is 2.91. The second-order valence-corrected chi connectivity index (χ2v) is 4.79. The van der Waals surface area contributed by atoms with Crippen molar-refractivity contribution in [1.82, 2.24) is 0 Å². The molecule has 1 aromatic carbocycles. The molecule has 0 aliphatic rings. The number of benzene rings is 1. The van der Waals surface area contributed by atoms with Crippen molar-refractivity contribution in [2.45, 2.75) is 12.3 Å². The average molecular weight is 256 g/mol. The summed E-state index contributed by atoms with van der Waals surface area (Å²) in [6.07, 6.45) is 0.186. The van der Waals surface area contributed by atoms with Crippen molar-refractivity contribution in [1.29, 1.82) is 5.26 Å². The molecule has 0 saturated carbocycles. The van der Waals surface area contributed by atoms with Gasteiger partial charge in [-0.05, 0) is 23.6 Å². The van der Waals surface area contributed by atoms with Crippen molar-refractivity contribution in [3.8, 4) is 6.07 Å². The van der Waals surface area contributed by atoms with Gasteiger partial charge in [0.05, 0.1) is 12.0 Å². The highest BCUT2D eigenvalue weighted by atomic mass is 32.1. The third kappa shape index (κ3) is 3.19. The third-order valence-electron chi connectivity index (χ3n) is 2.49. The number of nitrogens with zero attached hydrogens (tertiary/aromatic N) is 1. The van der Waals surface area contributed by atoms with Gasteiger partial charge in [-0.1, -0.05) is 24.3 Å². The number of hydrogen-bond acceptors (Lipinski definition) is 3. The molecule has 0 aliphatic carbocycles. The Morgan fingerprint density at radius 3 is 2.67 bits per heavy atom. The van der Waals surface area contributed by atoms with Crippen LogP contribution in [0.4, 0.5) is 5.69 Å². The van der Waals surface area contributed by atoms with Crippen molar-refractivity contribution in [2.24, 2.45) is 0 Å². The monoisotopic (exact) mass is 256 g/mol. The van der Waals surface area contributed by atoms with Gasteiger partial charge in [-0.25, -0.2) is 0 Å². The van der Waals surface area contributed by atoms with Gasteiger partial charge in [0.25, 0.3) is 0 Å². The zero-order valence-corrected chi connectivity index (χ0v) is 10.5. The first-order chi connectivity index (χ1) is 8.79. The van der Waals surface area contributed by atoms with Gasteiger partial charge in [0.2, 0.25) is 5.91 Å². The number of carbonyl (C=O) groups is 1. The zero-order chi connectivity index (χ0) is 12.8. The van der Waals surface area contributed by atoms with E-state index >= 15 is 0 Å². The molecule has 1 amide bonds. The predicted molar refractivity (Wildman–Crippen MR) is 72.4 cm³/mol. The Balaban J connectivity index is 1.97. The second-order valence-electron chi connectivity index (χ2n) is 3.82. The van der Waals surface area contributed by atoms with Crippen molar-refractivity contribution >= 4 is 22.9 Å². The summed E-state index contributed by atoms with van der Waals surface area (Å²) in [4.78, 5) is 12.8. The summed E-state index contributed by atoms with van der Waals surface area (Å²) < 4.78 is 0. The maximum Gasteiger partial charge on any atom is 0.226 e. The number of nitrogens with one attached hydrogen (secondary N) is 1. The van der Waals surface area contributed by atoms with Gasteiger partial charge in [0.1, 0.15) is 0 Å². The molecule has 0 aliphatic heterocycles. The molecular formula is C14H12N2OS. The van der Waals surface area contributed by atoms with Crippen LogP contribution in [0.25, 0.3) is 0 Å². The molecule has 1 N–H and O–H groups in total. The van der Waals surface area contributed by atoms with Gasteiger partial charge in [-0.15, -0.1) is 11.3 Å². The largest absolute Gasteiger partial charge is 0.326 e. The lowest BCUT2D eigenvalue weighted by atomic mass is 10.1. The van der Waals surface area contributed by atoms with Gasteiger partial charge >= 0.3 is 0 Å². The van der Waals surface area contributed by atoms with E-state index in [1.54, 1.807) is 0 Å². The Kier molecular flexibility index (Phi) is 4.11. The maximum absolute atomic E-state index is 11.8. The van der Waals surface area contributed by atoms with E-state index in [1.807, 2.05) is 47.8 Å². The molecule has 0 spiro atoms. The summed E-state index contributed by atoms with van der Waals surface area (Å²) in [5.74, 6) is -0.505. The molecule has 18 heavy (non-hydrogen) atoms. The van der Waals surface area contributed by atoms with E-state index < -0.39 is 0 Å². The van der Waals surface area contributed by atoms with Crippen molar-refractivity contribution < 1.29 is 4.79 Å². The van der Waals surface area contributed by atoms with Crippen LogP contribution >= 0.6 is 11.3 Å². The van der Waals surface area contributed by atoms with Crippen LogP contribution in [0.1, 0.15) is 17.2 Å². The minimum atomic E-state index is -0.367. The Morgan fingerprint density at radius 2 is 2.06 bits per heavy atom. The number of hydrogen-bond donors (Lipinski definition) is 1. The molecule has 1 unspecified atom stereocenters. The molecule has 2 aromatic rings. The molecule has 0 fully saturated rings. The topological polar surface area (TPSA) is 52.9 Å². The normalized spacial score (nSPS) is 11.5. The molecule has 1 heterocycles. The fraction of sp³-hybridized carbons (Fsp3) is 0.143. The van der Waals surface area contributed by atoms with Gasteiger partial charge in [-0.2, -0.15) is 5.26 Å². The third-order valence-corrected chi connectivity index (χ3v) is 3.48. The number of thiophene rings is 1. The molecule has 3 nitrogen and oxygen atoms in total. The standard InChI is InChI=1S/C14H12N2OS/c15-10-11(13-7-4-8-18-13)9-14(17)16-12-5-2-1-3-6-12/h1-8,11H,9H2,(H,16,17). The molecule has 0 radical (unpaired) electrons. The molecule has 0 saturated heterocycles. The van der Waals surface area contributed by atoms with Crippen molar-refractivity contribution in [3.63, 3.8) is 0 Å². The first kappa shape index (κ1) is 12.3. The quantitative estimate of drug-likeness (QED) is 0.911. The van der Waals surface area contributed by atoms with Gasteiger partial charge in [0.15, 0.2) is 0 Å². The van der Waals surface area contributed by atoms with E-state index in [2.05, 4.69) is 11.4 Å². The van der Waals surface area contributed by atoms with E-state index in [4.69, 9.17) is 5.26 Å². The minimum Gasteiger partial charge on any atom is -0.326 e. The smallest absolute Gasteiger partial charge is 0.226 e. The van der Waals surface area contributed by atoms with Crippen LogP contribution in [-0.4, -0.2) is 5.91 Å². The number of anilines is 1. The van der Waals surface area contributed by atoms with Crippen LogP contribution in [0.5, 0.6) is 0 Å². The molecule has 90 valence electrons. The summed E-state index contributed by atoms with van der Waals surface area (Å²) >= 11 is 1.50. The lowest BCUT2D eigenvalue weighted by Crippen LogP contribution is -2.14. The van der Waals surface area contributed by atoms with Crippen LogP contribution in [0, 0.1) is 11.3 Å². The first-order valence-corrected chi connectivity index (χ1v) is 6.45. The van der Waals surface area contributed by atoms with Crippen molar-refractivity contribution in [2.75, 3.05) is 5.32 Å². The predicted octanol–water partition coefficient (Wildman–Crippen LogP) is 3.38. The highest BCUT2D eigenvalue weighted by Gasteiger charge is 2.16. The molecular weight excluding hydrogens is 244 g/mol. The summed E-state index contributed by atoms with van der Waals surface area (Å²) in [7, 11) is 0. The van der Waals surface area contributed by atoms with E-state index in [0.717, 1.165) is 10.6 Å². The van der Waals surface area contributed by atoms with Crippen molar-refractivity contribution in [3.05, 3.63) is 52.7 Å². The lowest BCUT2D eigenvalue weighted by molar-refractivity contribution is -0.116. The molecule has 2 rings (SSSR count). The molecule has 4 heteroatoms.